The number of nitrogens with zero attached hydrogens (tertiary/aromatic N) is 2. The molecule has 1 atom stereocenters. The Balaban J connectivity index is 2.90. The van der Waals surface area contributed by atoms with Crippen molar-refractivity contribution in [1.82, 2.24) is 10.3 Å². The van der Waals surface area contributed by atoms with Crippen LogP contribution in [0, 0.1) is 12.8 Å². The van der Waals surface area contributed by atoms with Crippen LogP contribution in [0.3, 0.4) is 0 Å². The molecule has 1 aromatic rings. The predicted molar refractivity (Wildman–Crippen MR) is 79.1 cm³/mol. The average Bonchev–Trinajstić information content (AvgIpc) is 2.35. The maximum absolute atomic E-state index is 4.67. The van der Waals surface area contributed by atoms with Gasteiger partial charge in [-0.05, 0) is 44.5 Å². The topological polar surface area (TPSA) is 28.2 Å². The van der Waals surface area contributed by atoms with Crippen LogP contribution in [-0.2, 0) is 6.54 Å². The highest BCUT2D eigenvalue weighted by molar-refractivity contribution is 5.42. The van der Waals surface area contributed by atoms with Crippen LogP contribution < -0.4 is 10.2 Å². The first kappa shape index (κ1) is 15.0. The van der Waals surface area contributed by atoms with E-state index in [2.05, 4.69) is 55.0 Å². The minimum Gasteiger partial charge on any atom is -0.357 e. The van der Waals surface area contributed by atoms with Gasteiger partial charge in [0.25, 0.3) is 0 Å². The molecule has 0 fully saturated rings. The highest BCUT2D eigenvalue weighted by Gasteiger charge is 2.10. The van der Waals surface area contributed by atoms with E-state index < -0.39 is 0 Å². The summed E-state index contributed by atoms with van der Waals surface area (Å²) in [5, 5.41) is 3.20. The quantitative estimate of drug-likeness (QED) is 0.805. The molecule has 1 rings (SSSR count). The lowest BCUT2D eigenvalue weighted by molar-refractivity contribution is 0.545. The van der Waals surface area contributed by atoms with Crippen LogP contribution in [0.4, 0.5) is 5.82 Å². The fraction of sp³-hybridized carbons (Fsp3) is 0.667. The number of pyridine rings is 1. The summed E-state index contributed by atoms with van der Waals surface area (Å²) in [4.78, 5) is 7.05. The van der Waals surface area contributed by atoms with Gasteiger partial charge in [-0.25, -0.2) is 4.98 Å². The zero-order chi connectivity index (χ0) is 13.5. The molecule has 0 amide bonds. The molecule has 3 nitrogen and oxygen atoms in total. The first-order valence-corrected chi connectivity index (χ1v) is 6.97. The third-order valence-electron chi connectivity index (χ3n) is 3.32. The Hall–Kier alpha value is -1.09. The van der Waals surface area contributed by atoms with E-state index in [9.17, 15) is 0 Å². The lowest BCUT2D eigenvalue weighted by Gasteiger charge is -2.26. The Morgan fingerprint density at radius 2 is 2.06 bits per heavy atom. The van der Waals surface area contributed by atoms with Crippen LogP contribution in [0.5, 0.6) is 0 Å². The summed E-state index contributed by atoms with van der Waals surface area (Å²) in [6, 6.07) is 4.35. The summed E-state index contributed by atoms with van der Waals surface area (Å²) in [7, 11) is 1.98. The smallest absolute Gasteiger partial charge is 0.129 e. The molecule has 0 saturated heterocycles. The molecule has 0 radical (unpaired) electrons. The van der Waals surface area contributed by atoms with Crippen LogP contribution in [0.2, 0.25) is 0 Å². The Morgan fingerprint density at radius 3 is 2.61 bits per heavy atom. The first-order chi connectivity index (χ1) is 8.60. The normalized spacial score (nSPS) is 12.5. The van der Waals surface area contributed by atoms with Gasteiger partial charge in [0.2, 0.25) is 0 Å². The van der Waals surface area contributed by atoms with E-state index in [1.54, 1.807) is 0 Å². The van der Waals surface area contributed by atoms with Gasteiger partial charge in [0.1, 0.15) is 5.82 Å². The fourth-order valence-corrected chi connectivity index (χ4v) is 2.08. The van der Waals surface area contributed by atoms with E-state index in [1.165, 1.54) is 12.0 Å². The number of hydrogen-bond acceptors (Lipinski definition) is 3. The molecular weight excluding hydrogens is 222 g/mol. The van der Waals surface area contributed by atoms with Gasteiger partial charge in [-0.1, -0.05) is 20.3 Å². The molecule has 3 heteroatoms. The molecule has 0 aromatic carbocycles. The second kappa shape index (κ2) is 7.37. The number of anilines is 1. The molecule has 0 spiro atoms. The zero-order valence-corrected chi connectivity index (χ0v) is 12.5. The first-order valence-electron chi connectivity index (χ1n) is 6.97. The van der Waals surface area contributed by atoms with Gasteiger partial charge in [0.05, 0.1) is 0 Å². The maximum Gasteiger partial charge on any atom is 0.129 e. The summed E-state index contributed by atoms with van der Waals surface area (Å²) < 4.78 is 0. The summed E-state index contributed by atoms with van der Waals surface area (Å²) in [5.74, 6) is 1.82. The molecule has 1 heterocycles. The third-order valence-corrected chi connectivity index (χ3v) is 3.32. The van der Waals surface area contributed by atoms with Crippen LogP contribution in [0.1, 0.15) is 38.4 Å². The van der Waals surface area contributed by atoms with E-state index in [0.717, 1.165) is 31.1 Å². The van der Waals surface area contributed by atoms with Crippen molar-refractivity contribution in [1.29, 1.82) is 0 Å². The molecule has 0 aliphatic rings. The SMILES string of the molecule is CCC(C)CN(CC)c1cc(CNC)cc(C)n1. The molecule has 0 aliphatic carbocycles. The number of aromatic nitrogens is 1. The fourth-order valence-electron chi connectivity index (χ4n) is 2.08. The molecule has 102 valence electrons. The Bertz CT molecular complexity index is 363. The van der Waals surface area contributed by atoms with E-state index in [1.807, 2.05) is 7.05 Å². The Labute approximate surface area is 112 Å². The van der Waals surface area contributed by atoms with Crippen LogP contribution in [-0.4, -0.2) is 25.1 Å². The van der Waals surface area contributed by atoms with Crippen molar-refractivity contribution in [3.05, 3.63) is 23.4 Å². The van der Waals surface area contributed by atoms with E-state index in [-0.39, 0.29) is 0 Å². The van der Waals surface area contributed by atoms with Crippen molar-refractivity contribution in [3.8, 4) is 0 Å². The largest absolute Gasteiger partial charge is 0.357 e. The van der Waals surface area contributed by atoms with Gasteiger partial charge in [-0.15, -0.1) is 0 Å². The molecule has 0 saturated carbocycles. The van der Waals surface area contributed by atoms with Crippen LogP contribution in [0.25, 0.3) is 0 Å². The van der Waals surface area contributed by atoms with Crippen molar-refractivity contribution in [2.75, 3.05) is 25.0 Å². The summed E-state index contributed by atoms with van der Waals surface area (Å²) in [6.45, 7) is 11.8. The molecule has 0 bridgehead atoms. The van der Waals surface area contributed by atoms with E-state index in [0.29, 0.717) is 5.92 Å². The number of aryl methyl sites for hydroxylation is 1. The van der Waals surface area contributed by atoms with Gasteiger partial charge < -0.3 is 10.2 Å². The maximum atomic E-state index is 4.67. The minimum absolute atomic E-state index is 0.708. The van der Waals surface area contributed by atoms with Gasteiger partial charge in [0, 0.05) is 25.3 Å². The van der Waals surface area contributed by atoms with E-state index >= 15 is 0 Å². The highest BCUT2D eigenvalue weighted by atomic mass is 15.2. The van der Waals surface area contributed by atoms with E-state index in [4.69, 9.17) is 0 Å². The zero-order valence-electron chi connectivity index (χ0n) is 12.5. The van der Waals surface area contributed by atoms with Crippen LogP contribution >= 0.6 is 0 Å². The van der Waals surface area contributed by atoms with Crippen molar-refractivity contribution in [2.45, 2.75) is 40.7 Å². The van der Waals surface area contributed by atoms with Gasteiger partial charge in [-0.3, -0.25) is 0 Å². The molecule has 18 heavy (non-hydrogen) atoms. The summed E-state index contributed by atoms with van der Waals surface area (Å²) in [5.41, 5.74) is 2.41. The molecule has 1 unspecified atom stereocenters. The highest BCUT2D eigenvalue weighted by Crippen LogP contribution is 2.17. The molecule has 0 aliphatic heterocycles. The minimum atomic E-state index is 0.708. The third kappa shape index (κ3) is 4.30. The number of nitrogens with one attached hydrogen (secondary N) is 1. The lowest BCUT2D eigenvalue weighted by atomic mass is 10.1. The summed E-state index contributed by atoms with van der Waals surface area (Å²) in [6.07, 6.45) is 1.21. The Kier molecular flexibility index (Phi) is 6.13. The lowest BCUT2D eigenvalue weighted by Crippen LogP contribution is -2.29. The second-order valence-electron chi connectivity index (χ2n) is 5.06. The molecule has 1 aromatic heterocycles. The second-order valence-corrected chi connectivity index (χ2v) is 5.06. The molecular formula is C15H27N3. The number of hydrogen-bond donors (Lipinski definition) is 1. The van der Waals surface area contributed by atoms with Gasteiger partial charge in [0.15, 0.2) is 0 Å². The van der Waals surface area contributed by atoms with Gasteiger partial charge >= 0.3 is 0 Å². The standard InChI is InChI=1S/C15H27N3/c1-6-12(3)11-18(7-2)15-9-14(10-16-5)8-13(4)17-15/h8-9,12,16H,6-7,10-11H2,1-5H3. The van der Waals surface area contributed by atoms with Crippen molar-refractivity contribution >= 4 is 5.82 Å². The summed E-state index contributed by atoms with van der Waals surface area (Å²) >= 11 is 0. The monoisotopic (exact) mass is 249 g/mol. The average molecular weight is 249 g/mol. The number of rotatable bonds is 7. The van der Waals surface area contributed by atoms with Crippen molar-refractivity contribution < 1.29 is 0 Å². The predicted octanol–water partition coefficient (Wildman–Crippen LogP) is 2.98. The van der Waals surface area contributed by atoms with Crippen molar-refractivity contribution in [2.24, 2.45) is 5.92 Å². The van der Waals surface area contributed by atoms with Crippen molar-refractivity contribution in [3.63, 3.8) is 0 Å². The molecule has 1 N–H and O–H groups in total. The van der Waals surface area contributed by atoms with Gasteiger partial charge in [-0.2, -0.15) is 0 Å². The van der Waals surface area contributed by atoms with Crippen LogP contribution in [0.15, 0.2) is 12.1 Å². The Morgan fingerprint density at radius 1 is 1.33 bits per heavy atom.